The molecule has 0 N–H and O–H groups in total. The molecule has 3 nitrogen and oxygen atoms in total. The van der Waals surface area contributed by atoms with Crippen LogP contribution in [0.25, 0.3) is 10.8 Å². The maximum absolute atomic E-state index is 13.5. The van der Waals surface area contributed by atoms with Crippen molar-refractivity contribution >= 4 is 145 Å². The third kappa shape index (κ3) is 2.58. The van der Waals surface area contributed by atoms with Crippen molar-refractivity contribution in [3.8, 4) is 0 Å². The van der Waals surface area contributed by atoms with Crippen LogP contribution in [0.15, 0.2) is 54.5 Å². The lowest BCUT2D eigenvalue weighted by molar-refractivity contribution is 0.101. The van der Waals surface area contributed by atoms with Crippen molar-refractivity contribution in [2.45, 2.75) is 0 Å². The van der Waals surface area contributed by atoms with Gasteiger partial charge in [0.1, 0.15) is 5.84 Å². The summed E-state index contributed by atoms with van der Waals surface area (Å²) in [5.74, 6) is 0.471. The molecule has 0 aromatic heterocycles. The number of amides is 1. The second kappa shape index (κ2) is 6.97. The van der Waals surface area contributed by atoms with E-state index in [1.54, 1.807) is 4.90 Å². The molecule has 3 aromatic rings. The summed E-state index contributed by atoms with van der Waals surface area (Å²) in [6.45, 7) is 0. The van der Waals surface area contributed by atoms with Gasteiger partial charge in [0.2, 0.25) is 0 Å². The van der Waals surface area contributed by atoms with Crippen LogP contribution in [-0.2, 0) is 0 Å². The van der Waals surface area contributed by atoms with Crippen molar-refractivity contribution < 1.29 is 4.79 Å². The van der Waals surface area contributed by atoms with Gasteiger partial charge in [-0.05, 0) is 114 Å². The number of benzene rings is 3. The second-order valence-electron chi connectivity index (χ2n) is 6.09. The SMILES string of the molecule is O=C1c2c(Br)c(Br)c(Br)c(Br)c2C2=Nc3c(Br)c(Br)cc4c(Br)ccc(c34)N12. The molecule has 2 aliphatic heterocycles. The number of nitrogens with zero attached hydrogens (tertiary/aromatic N) is 2. The van der Waals surface area contributed by atoms with Crippen LogP contribution in [0.4, 0.5) is 11.4 Å². The first-order chi connectivity index (χ1) is 13.2. The van der Waals surface area contributed by atoms with Crippen LogP contribution in [-0.4, -0.2) is 11.7 Å². The number of amidine groups is 1. The Morgan fingerprint density at radius 1 is 0.750 bits per heavy atom. The van der Waals surface area contributed by atoms with Crippen LogP contribution < -0.4 is 4.90 Å². The molecule has 0 saturated carbocycles. The van der Waals surface area contributed by atoms with Gasteiger partial charge in [0.15, 0.2) is 0 Å². The molecule has 10 heteroatoms. The summed E-state index contributed by atoms with van der Waals surface area (Å²) in [6.07, 6.45) is 0. The first-order valence-electron chi connectivity index (χ1n) is 7.63. The average Bonchev–Trinajstić information content (AvgIpc) is 2.97. The first kappa shape index (κ1) is 20.3. The lowest BCUT2D eigenvalue weighted by Gasteiger charge is -2.26. The zero-order chi connectivity index (χ0) is 20.1. The van der Waals surface area contributed by atoms with E-state index in [4.69, 9.17) is 4.99 Å². The van der Waals surface area contributed by atoms with Crippen molar-refractivity contribution in [3.63, 3.8) is 0 Å². The number of anilines is 1. The molecule has 1 amide bonds. The van der Waals surface area contributed by atoms with E-state index >= 15 is 0 Å². The van der Waals surface area contributed by atoms with Crippen LogP contribution in [0.2, 0.25) is 0 Å². The van der Waals surface area contributed by atoms with Gasteiger partial charge in [-0.25, -0.2) is 4.99 Å². The molecule has 0 fully saturated rings. The molecule has 0 bridgehead atoms. The third-order valence-corrected chi connectivity index (χ3v) is 12.1. The summed E-state index contributed by atoms with van der Waals surface area (Å²) < 4.78 is 5.74. The predicted molar refractivity (Wildman–Crippen MR) is 137 cm³/mol. The van der Waals surface area contributed by atoms with Crippen molar-refractivity contribution in [3.05, 3.63) is 60.6 Å². The minimum Gasteiger partial charge on any atom is -0.268 e. The maximum Gasteiger partial charge on any atom is 0.266 e. The standard InChI is InChI=1S/C18H3Br7N2O/c19-5-1-2-7-8-4(5)3-6(20)11(21)16(8)26-17-9-10(18(28)27(7)17)13(23)15(25)14(24)12(9)22/h1-3H. The van der Waals surface area contributed by atoms with Gasteiger partial charge in [-0.2, -0.15) is 0 Å². The molecule has 0 unspecified atom stereocenters. The molecule has 5 rings (SSSR count). The van der Waals surface area contributed by atoms with E-state index in [-0.39, 0.29) is 5.91 Å². The highest BCUT2D eigenvalue weighted by molar-refractivity contribution is 9.15. The van der Waals surface area contributed by atoms with E-state index in [2.05, 4.69) is 112 Å². The number of rotatable bonds is 0. The summed E-state index contributed by atoms with van der Waals surface area (Å²) in [7, 11) is 0. The summed E-state index contributed by atoms with van der Waals surface area (Å²) >= 11 is 25.2. The predicted octanol–water partition coefficient (Wildman–Crippen LogP) is 9.23. The number of halogens is 7. The normalized spacial score (nSPS) is 14.5. The molecule has 0 saturated heterocycles. The van der Waals surface area contributed by atoms with Gasteiger partial charge in [0.05, 0.1) is 21.4 Å². The Labute approximate surface area is 218 Å². The summed E-state index contributed by atoms with van der Waals surface area (Å²) in [6, 6.07) is 5.92. The lowest BCUT2D eigenvalue weighted by atomic mass is 10.0. The van der Waals surface area contributed by atoms with E-state index in [0.29, 0.717) is 15.9 Å². The Kier molecular flexibility index (Phi) is 5.06. The molecule has 3 aromatic carbocycles. The van der Waals surface area contributed by atoms with E-state index in [1.165, 1.54) is 0 Å². The van der Waals surface area contributed by atoms with Crippen molar-refractivity contribution in [1.29, 1.82) is 0 Å². The first-order valence-corrected chi connectivity index (χ1v) is 13.2. The molecule has 0 aliphatic carbocycles. The highest BCUT2D eigenvalue weighted by Gasteiger charge is 2.43. The quantitative estimate of drug-likeness (QED) is 0.165. The monoisotopic (exact) mass is 815 g/mol. The summed E-state index contributed by atoms with van der Waals surface area (Å²) in [4.78, 5) is 20.1. The molecule has 0 spiro atoms. The Balaban J connectivity index is 1.97. The van der Waals surface area contributed by atoms with E-state index in [0.717, 1.165) is 54.5 Å². The van der Waals surface area contributed by atoms with Gasteiger partial charge in [0, 0.05) is 43.2 Å². The van der Waals surface area contributed by atoms with Gasteiger partial charge >= 0.3 is 0 Å². The van der Waals surface area contributed by atoms with Crippen molar-refractivity contribution in [2.24, 2.45) is 4.99 Å². The van der Waals surface area contributed by atoms with Crippen molar-refractivity contribution in [2.75, 3.05) is 4.90 Å². The minimum absolute atomic E-state index is 0.122. The van der Waals surface area contributed by atoms with Gasteiger partial charge in [0.25, 0.3) is 5.91 Å². The van der Waals surface area contributed by atoms with Crippen LogP contribution in [0.3, 0.4) is 0 Å². The average molecular weight is 823 g/mol. The molecule has 0 atom stereocenters. The molecule has 2 heterocycles. The van der Waals surface area contributed by atoms with E-state index in [1.807, 2.05) is 18.2 Å². The Bertz CT molecular complexity index is 1320. The number of aliphatic imine (C=N–C) groups is 1. The Morgan fingerprint density at radius 3 is 2.07 bits per heavy atom. The molecule has 28 heavy (non-hydrogen) atoms. The van der Waals surface area contributed by atoms with Gasteiger partial charge in [-0.1, -0.05) is 15.9 Å². The highest BCUT2D eigenvalue weighted by Crippen LogP contribution is 2.53. The van der Waals surface area contributed by atoms with E-state index in [9.17, 15) is 4.79 Å². The van der Waals surface area contributed by atoms with Crippen LogP contribution >= 0.6 is 112 Å². The topological polar surface area (TPSA) is 32.7 Å². The van der Waals surface area contributed by atoms with Crippen LogP contribution in [0.1, 0.15) is 15.9 Å². The second-order valence-corrected chi connectivity index (χ2v) is 11.8. The molecule has 140 valence electrons. The van der Waals surface area contributed by atoms with Gasteiger partial charge < -0.3 is 0 Å². The maximum atomic E-state index is 13.5. The summed E-state index contributed by atoms with van der Waals surface area (Å²) in [5, 5.41) is 1.90. The third-order valence-electron chi connectivity index (χ3n) is 4.67. The molecular weight excluding hydrogens is 820 g/mol. The smallest absolute Gasteiger partial charge is 0.266 e. The fraction of sp³-hybridized carbons (Fsp3) is 0. The minimum atomic E-state index is -0.122. The zero-order valence-electron chi connectivity index (χ0n) is 13.2. The lowest BCUT2D eigenvalue weighted by Crippen LogP contribution is -2.31. The van der Waals surface area contributed by atoms with Gasteiger partial charge in [-0.3, -0.25) is 9.69 Å². The molecular formula is C18H3Br7N2O. The molecule has 2 aliphatic rings. The number of fused-ring (bicyclic) bond motifs is 4. The fourth-order valence-corrected chi connectivity index (χ4v) is 7.20. The highest BCUT2D eigenvalue weighted by atomic mass is 79.9. The zero-order valence-corrected chi connectivity index (χ0v) is 24.3. The Hall–Kier alpha value is 0.420. The fourth-order valence-electron chi connectivity index (χ4n) is 3.47. The Morgan fingerprint density at radius 2 is 1.39 bits per heavy atom. The number of hydrogen-bond acceptors (Lipinski definition) is 2. The molecule has 0 radical (unpaired) electrons. The largest absolute Gasteiger partial charge is 0.268 e. The van der Waals surface area contributed by atoms with Crippen molar-refractivity contribution in [1.82, 2.24) is 0 Å². The number of carbonyl (C=O) groups is 1. The summed E-state index contributed by atoms with van der Waals surface area (Å²) in [5.41, 5.74) is 2.91. The van der Waals surface area contributed by atoms with Crippen LogP contribution in [0, 0.1) is 0 Å². The number of hydrogen-bond donors (Lipinski definition) is 0. The van der Waals surface area contributed by atoms with Gasteiger partial charge in [-0.15, -0.1) is 0 Å². The van der Waals surface area contributed by atoms with Crippen LogP contribution in [0.5, 0.6) is 0 Å². The van der Waals surface area contributed by atoms with E-state index < -0.39 is 0 Å². The number of carbonyl (C=O) groups excluding carboxylic acids is 1.